The zero-order valence-electron chi connectivity index (χ0n) is 6.65. The van der Waals surface area contributed by atoms with Crippen LogP contribution in [0.3, 0.4) is 0 Å². The summed E-state index contributed by atoms with van der Waals surface area (Å²) in [6.45, 7) is 4.54. The first-order valence-electron chi connectivity index (χ1n) is 3.79. The third-order valence-electron chi connectivity index (χ3n) is 2.01. The second-order valence-electron chi connectivity index (χ2n) is 2.85. The quantitative estimate of drug-likeness (QED) is 0.633. The molecule has 1 rings (SSSR count). The van der Waals surface area contributed by atoms with Crippen molar-refractivity contribution >= 4 is 15.9 Å². The van der Waals surface area contributed by atoms with Crippen LogP contribution in [0.15, 0.2) is 10.1 Å². The predicted molar refractivity (Wildman–Crippen MR) is 48.4 cm³/mol. The van der Waals surface area contributed by atoms with Gasteiger partial charge < -0.3 is 4.90 Å². The molecule has 0 radical (unpaired) electrons. The molecule has 0 atom stereocenters. The van der Waals surface area contributed by atoms with Crippen LogP contribution in [0.2, 0.25) is 0 Å². The van der Waals surface area contributed by atoms with E-state index in [-0.39, 0.29) is 0 Å². The van der Waals surface area contributed by atoms with Gasteiger partial charge in [0.05, 0.1) is 0 Å². The number of hydrogen-bond donors (Lipinski definition) is 0. The maximum absolute atomic E-state index is 3.59. The van der Waals surface area contributed by atoms with Gasteiger partial charge in [-0.05, 0) is 19.9 Å². The van der Waals surface area contributed by atoms with E-state index in [1.807, 2.05) is 0 Å². The van der Waals surface area contributed by atoms with Crippen LogP contribution in [-0.4, -0.2) is 25.0 Å². The van der Waals surface area contributed by atoms with Gasteiger partial charge in [0.15, 0.2) is 0 Å². The summed E-state index contributed by atoms with van der Waals surface area (Å²) in [7, 11) is 2.16. The molecule has 1 nitrogen and oxygen atoms in total. The molecule has 0 aliphatic carbocycles. The zero-order valence-corrected chi connectivity index (χ0v) is 8.24. The number of likely N-dealkylation sites (N-methyl/N-ethyl adjacent to an activating group) is 1. The van der Waals surface area contributed by atoms with Crippen LogP contribution in [0.5, 0.6) is 0 Å². The highest BCUT2D eigenvalue weighted by molar-refractivity contribution is 9.11. The summed E-state index contributed by atoms with van der Waals surface area (Å²) >= 11 is 3.59. The lowest BCUT2D eigenvalue weighted by Crippen LogP contribution is -2.26. The van der Waals surface area contributed by atoms with Gasteiger partial charge >= 0.3 is 0 Å². The molecule has 1 heterocycles. The van der Waals surface area contributed by atoms with Crippen LogP contribution in [0.4, 0.5) is 0 Å². The highest BCUT2D eigenvalue weighted by atomic mass is 79.9. The lowest BCUT2D eigenvalue weighted by molar-refractivity contribution is 0.354. The standard InChI is InChI=1S/C8H14BrN/c1-3-7-4-5-10(2)6-8(7)9/h3-6H2,1-2H3. The molecular weight excluding hydrogens is 190 g/mol. The Morgan fingerprint density at radius 1 is 1.60 bits per heavy atom. The molecule has 0 aromatic carbocycles. The molecule has 0 saturated carbocycles. The van der Waals surface area contributed by atoms with Gasteiger partial charge in [0.25, 0.3) is 0 Å². The molecule has 0 fully saturated rings. The molecule has 0 aromatic rings. The van der Waals surface area contributed by atoms with Crippen LogP contribution in [-0.2, 0) is 0 Å². The van der Waals surface area contributed by atoms with Crippen molar-refractivity contribution in [2.75, 3.05) is 20.1 Å². The van der Waals surface area contributed by atoms with Crippen molar-refractivity contribution in [3.63, 3.8) is 0 Å². The SMILES string of the molecule is CCC1=C(Br)CN(C)CC1. The first-order chi connectivity index (χ1) is 4.74. The molecule has 0 spiro atoms. The monoisotopic (exact) mass is 203 g/mol. The first kappa shape index (κ1) is 8.28. The van der Waals surface area contributed by atoms with E-state index in [2.05, 4.69) is 34.8 Å². The molecular formula is C8H14BrN. The highest BCUT2D eigenvalue weighted by Crippen LogP contribution is 2.23. The van der Waals surface area contributed by atoms with Crippen molar-refractivity contribution in [3.8, 4) is 0 Å². The van der Waals surface area contributed by atoms with Crippen LogP contribution >= 0.6 is 15.9 Å². The summed E-state index contributed by atoms with van der Waals surface area (Å²) in [5.74, 6) is 0. The Balaban J connectivity index is 2.61. The van der Waals surface area contributed by atoms with E-state index in [1.165, 1.54) is 23.9 Å². The molecule has 0 saturated heterocycles. The lowest BCUT2D eigenvalue weighted by Gasteiger charge is -2.24. The fraction of sp³-hybridized carbons (Fsp3) is 0.750. The van der Waals surface area contributed by atoms with Crippen LogP contribution in [0.25, 0.3) is 0 Å². The fourth-order valence-electron chi connectivity index (χ4n) is 1.26. The van der Waals surface area contributed by atoms with Gasteiger partial charge in [0.1, 0.15) is 0 Å². The van der Waals surface area contributed by atoms with Gasteiger partial charge in [-0.25, -0.2) is 0 Å². The van der Waals surface area contributed by atoms with E-state index in [1.54, 1.807) is 5.57 Å². The smallest absolute Gasteiger partial charge is 0.0296 e. The summed E-state index contributed by atoms with van der Waals surface area (Å²) in [5, 5.41) is 0. The largest absolute Gasteiger partial charge is 0.301 e. The average Bonchev–Trinajstić information content (AvgIpc) is 1.88. The molecule has 0 bridgehead atoms. The van der Waals surface area contributed by atoms with E-state index >= 15 is 0 Å². The van der Waals surface area contributed by atoms with Crippen molar-refractivity contribution in [2.45, 2.75) is 19.8 Å². The van der Waals surface area contributed by atoms with Crippen molar-refractivity contribution in [1.82, 2.24) is 4.90 Å². The van der Waals surface area contributed by atoms with E-state index in [9.17, 15) is 0 Å². The summed E-state index contributed by atoms with van der Waals surface area (Å²) in [6.07, 6.45) is 2.45. The Labute approximate surface area is 71.2 Å². The number of nitrogens with zero attached hydrogens (tertiary/aromatic N) is 1. The summed E-state index contributed by atoms with van der Waals surface area (Å²) in [5.41, 5.74) is 1.60. The van der Waals surface area contributed by atoms with Crippen LogP contribution in [0, 0.1) is 0 Å². The third kappa shape index (κ3) is 1.83. The molecule has 1 aliphatic heterocycles. The average molecular weight is 204 g/mol. The number of rotatable bonds is 1. The summed E-state index contributed by atoms with van der Waals surface area (Å²) in [4.78, 5) is 2.34. The molecule has 1 aliphatic rings. The maximum atomic E-state index is 3.59. The molecule has 10 heavy (non-hydrogen) atoms. The fourth-order valence-corrected chi connectivity index (χ4v) is 2.16. The first-order valence-corrected chi connectivity index (χ1v) is 4.58. The van der Waals surface area contributed by atoms with Gasteiger partial charge in [-0.1, -0.05) is 28.4 Å². The highest BCUT2D eigenvalue weighted by Gasteiger charge is 2.11. The molecule has 0 amide bonds. The van der Waals surface area contributed by atoms with Crippen molar-refractivity contribution in [3.05, 3.63) is 10.1 Å². The summed E-state index contributed by atoms with van der Waals surface area (Å²) < 4.78 is 1.41. The predicted octanol–water partition coefficient (Wildman–Crippen LogP) is 2.38. The third-order valence-corrected chi connectivity index (χ3v) is 2.83. The van der Waals surface area contributed by atoms with Gasteiger partial charge in [0, 0.05) is 17.6 Å². The number of hydrogen-bond acceptors (Lipinski definition) is 1. The topological polar surface area (TPSA) is 3.24 Å². The van der Waals surface area contributed by atoms with Crippen molar-refractivity contribution in [1.29, 1.82) is 0 Å². The van der Waals surface area contributed by atoms with Gasteiger partial charge in [0.2, 0.25) is 0 Å². The lowest BCUT2D eigenvalue weighted by atomic mass is 10.1. The zero-order chi connectivity index (χ0) is 7.56. The minimum atomic E-state index is 1.10. The van der Waals surface area contributed by atoms with Gasteiger partial charge in [-0.2, -0.15) is 0 Å². The minimum absolute atomic E-state index is 1.10. The maximum Gasteiger partial charge on any atom is 0.0296 e. The van der Waals surface area contributed by atoms with Crippen molar-refractivity contribution < 1.29 is 0 Å². The van der Waals surface area contributed by atoms with E-state index < -0.39 is 0 Å². The van der Waals surface area contributed by atoms with E-state index in [0.717, 1.165) is 6.54 Å². The van der Waals surface area contributed by atoms with Crippen LogP contribution < -0.4 is 0 Å². The molecule has 0 aromatic heterocycles. The Hall–Kier alpha value is 0.180. The molecule has 2 heteroatoms. The van der Waals surface area contributed by atoms with Crippen molar-refractivity contribution in [2.24, 2.45) is 0 Å². The summed E-state index contributed by atoms with van der Waals surface area (Å²) in [6, 6.07) is 0. The molecule has 0 N–H and O–H groups in total. The van der Waals surface area contributed by atoms with Gasteiger partial charge in [-0.3, -0.25) is 0 Å². The second kappa shape index (κ2) is 3.54. The molecule has 58 valence electrons. The van der Waals surface area contributed by atoms with E-state index in [4.69, 9.17) is 0 Å². The van der Waals surface area contributed by atoms with E-state index in [0.29, 0.717) is 0 Å². The normalized spacial score (nSPS) is 21.9. The van der Waals surface area contributed by atoms with Crippen LogP contribution in [0.1, 0.15) is 19.8 Å². The minimum Gasteiger partial charge on any atom is -0.301 e. The van der Waals surface area contributed by atoms with Gasteiger partial charge in [-0.15, -0.1) is 0 Å². The Morgan fingerprint density at radius 2 is 2.30 bits per heavy atom. The second-order valence-corrected chi connectivity index (χ2v) is 3.81. The molecule has 0 unspecified atom stereocenters. The Bertz CT molecular complexity index is 151. The Morgan fingerprint density at radius 3 is 2.80 bits per heavy atom. The Kier molecular flexibility index (Phi) is 2.93. The number of halogens is 1.